The Kier molecular flexibility index (Phi) is 8.73. The van der Waals surface area contributed by atoms with E-state index in [2.05, 4.69) is 17.0 Å². The average Bonchev–Trinajstić information content (AvgIpc) is 2.74. The summed E-state index contributed by atoms with van der Waals surface area (Å²) in [5.41, 5.74) is 6.13. The van der Waals surface area contributed by atoms with Crippen LogP contribution in [0.25, 0.3) is 0 Å². The van der Waals surface area contributed by atoms with Crippen LogP contribution in [0.5, 0.6) is 0 Å². The zero-order chi connectivity index (χ0) is 23.0. The van der Waals surface area contributed by atoms with Crippen LogP contribution < -0.4 is 11.1 Å². The van der Waals surface area contributed by atoms with Crippen LogP contribution in [0.2, 0.25) is 5.02 Å². The van der Waals surface area contributed by atoms with Crippen LogP contribution in [0.3, 0.4) is 0 Å². The lowest BCUT2D eigenvalue weighted by Crippen LogP contribution is -2.33. The molecule has 5 nitrogen and oxygen atoms in total. The predicted octanol–water partition coefficient (Wildman–Crippen LogP) is 5.25. The minimum Gasteiger partial charge on any atom is -0.394 e. The van der Waals surface area contributed by atoms with Gasteiger partial charge in [-0.05, 0) is 37.4 Å². The molecule has 3 N–H and O–H groups in total. The lowest BCUT2D eigenvalue weighted by Gasteiger charge is -2.20. The number of benzene rings is 2. The van der Waals surface area contributed by atoms with Crippen LogP contribution in [-0.2, 0) is 4.79 Å². The smallest absolute Gasteiger partial charge is 0.268 e. The van der Waals surface area contributed by atoms with Gasteiger partial charge in [0.2, 0.25) is 0 Å². The van der Waals surface area contributed by atoms with Crippen molar-refractivity contribution < 1.29 is 14.0 Å². The Balaban J connectivity index is 2.40. The summed E-state index contributed by atoms with van der Waals surface area (Å²) in [5, 5.41) is 3.21. The topological polar surface area (TPSA) is 84.6 Å². The third-order valence-electron chi connectivity index (χ3n) is 4.10. The van der Waals surface area contributed by atoms with E-state index in [-0.39, 0.29) is 16.4 Å². The van der Waals surface area contributed by atoms with Gasteiger partial charge in [0.25, 0.3) is 5.91 Å². The summed E-state index contributed by atoms with van der Waals surface area (Å²) in [5.74, 6) is -2.02. The van der Waals surface area contributed by atoms with Gasteiger partial charge in [0, 0.05) is 21.7 Å². The van der Waals surface area contributed by atoms with Gasteiger partial charge < -0.3 is 11.1 Å². The first-order chi connectivity index (χ1) is 14.7. The number of nitrogens with two attached hydrogens (primary N) is 1. The average molecular weight is 460 g/mol. The second-order valence-electron chi connectivity index (χ2n) is 6.41. The van der Waals surface area contributed by atoms with E-state index in [4.69, 9.17) is 28.9 Å². The molecule has 0 bridgehead atoms. The molecule has 2 rings (SSSR count). The van der Waals surface area contributed by atoms with Gasteiger partial charge in [-0.25, -0.2) is 4.39 Å². The summed E-state index contributed by atoms with van der Waals surface area (Å²) in [7, 11) is 0. The number of nitrogens with zero attached hydrogens (tertiary/aromatic N) is 1. The van der Waals surface area contributed by atoms with Gasteiger partial charge >= 0.3 is 0 Å². The van der Waals surface area contributed by atoms with Crippen LogP contribution in [0, 0.1) is 0 Å². The number of amides is 1. The van der Waals surface area contributed by atoms with Crippen molar-refractivity contribution in [2.45, 2.75) is 13.0 Å². The molecule has 0 aliphatic heterocycles. The third kappa shape index (κ3) is 6.91. The number of hydrogen-bond acceptors (Lipinski definition) is 4. The highest BCUT2D eigenvalue weighted by atomic mass is 35.5. The van der Waals surface area contributed by atoms with Crippen molar-refractivity contribution in [3.63, 3.8) is 0 Å². The zero-order valence-electron chi connectivity index (χ0n) is 16.6. The van der Waals surface area contributed by atoms with E-state index < -0.39 is 23.6 Å². The standard InChI is InChI=1S/C23H20Cl2FN3O2/c1-14(24)12-18(26)22(28-2)21(16-8-10-17(25)11-9-16)29-23(31)19(27)13-20(30)15-6-4-3-5-7-15/h3-13,21H,2,27H2,1H3,(H,29,31)/b14-12+,19-13?,22-18+/t21-/m0/s1. The minimum atomic E-state index is -1.06. The van der Waals surface area contributed by atoms with Gasteiger partial charge in [0.05, 0.1) is 6.04 Å². The Bertz CT molecular complexity index is 1060. The first-order valence-electron chi connectivity index (χ1n) is 9.06. The second-order valence-corrected chi connectivity index (χ2v) is 7.44. The molecule has 0 aliphatic carbocycles. The third-order valence-corrected chi connectivity index (χ3v) is 4.46. The molecule has 31 heavy (non-hydrogen) atoms. The molecule has 0 heterocycles. The fourth-order valence-corrected chi connectivity index (χ4v) is 2.85. The number of nitrogens with one attached hydrogen (secondary N) is 1. The van der Waals surface area contributed by atoms with E-state index in [9.17, 15) is 14.0 Å². The summed E-state index contributed by atoms with van der Waals surface area (Å²) in [6.45, 7) is 4.89. The maximum absolute atomic E-state index is 14.7. The van der Waals surface area contributed by atoms with Crippen molar-refractivity contribution in [2.75, 3.05) is 0 Å². The Hall–Kier alpha value is -3.22. The van der Waals surface area contributed by atoms with Crippen molar-refractivity contribution in [1.29, 1.82) is 0 Å². The van der Waals surface area contributed by atoms with Gasteiger partial charge in [0.15, 0.2) is 5.78 Å². The number of aliphatic imine (C=N–C) groups is 1. The van der Waals surface area contributed by atoms with E-state index in [1.165, 1.54) is 6.92 Å². The molecule has 1 atom stereocenters. The molecule has 0 spiro atoms. The molecule has 0 radical (unpaired) electrons. The van der Waals surface area contributed by atoms with Crippen molar-refractivity contribution in [2.24, 2.45) is 10.7 Å². The number of ketones is 1. The van der Waals surface area contributed by atoms with Crippen molar-refractivity contribution in [1.82, 2.24) is 5.32 Å². The van der Waals surface area contributed by atoms with Crippen molar-refractivity contribution in [3.8, 4) is 0 Å². The number of carbonyl (C=O) groups is 2. The maximum atomic E-state index is 14.7. The number of halogens is 3. The maximum Gasteiger partial charge on any atom is 0.268 e. The van der Waals surface area contributed by atoms with Gasteiger partial charge in [-0.15, -0.1) is 0 Å². The van der Waals surface area contributed by atoms with Gasteiger partial charge in [-0.1, -0.05) is 65.7 Å². The van der Waals surface area contributed by atoms with Gasteiger partial charge in [0.1, 0.15) is 17.2 Å². The number of hydrogen-bond donors (Lipinski definition) is 2. The first kappa shape index (κ1) is 24.1. The molecule has 160 valence electrons. The quantitative estimate of drug-likeness (QED) is 0.244. The largest absolute Gasteiger partial charge is 0.394 e. The van der Waals surface area contributed by atoms with E-state index in [1.807, 2.05) is 0 Å². The molecule has 0 fully saturated rings. The number of carbonyl (C=O) groups excluding carboxylic acids is 2. The molecule has 0 saturated heterocycles. The highest BCUT2D eigenvalue weighted by molar-refractivity contribution is 6.30. The Morgan fingerprint density at radius 3 is 2.29 bits per heavy atom. The van der Waals surface area contributed by atoms with E-state index in [0.29, 0.717) is 16.1 Å². The summed E-state index contributed by atoms with van der Waals surface area (Å²) in [6, 6.07) is 13.6. The SMILES string of the molecule is C=N/C(=C(F)\C=C(/C)Cl)[C@@H](NC(=O)C(N)=CC(=O)c1ccccc1)c1ccc(Cl)cc1. The minimum absolute atomic E-state index is 0.174. The Morgan fingerprint density at radius 1 is 1.13 bits per heavy atom. The highest BCUT2D eigenvalue weighted by Crippen LogP contribution is 2.28. The molecule has 0 saturated carbocycles. The van der Waals surface area contributed by atoms with Gasteiger partial charge in [-0.3, -0.25) is 14.6 Å². The van der Waals surface area contributed by atoms with Crippen LogP contribution in [0.15, 0.2) is 94.0 Å². The van der Waals surface area contributed by atoms with Gasteiger partial charge in [-0.2, -0.15) is 0 Å². The molecule has 0 aromatic heterocycles. The molecule has 0 aliphatic rings. The molecule has 0 unspecified atom stereocenters. The van der Waals surface area contributed by atoms with E-state index >= 15 is 0 Å². The normalized spacial score (nSPS) is 13.8. The first-order valence-corrected chi connectivity index (χ1v) is 9.81. The summed E-state index contributed by atoms with van der Waals surface area (Å²) in [4.78, 5) is 28.7. The fourth-order valence-electron chi connectivity index (χ4n) is 2.63. The highest BCUT2D eigenvalue weighted by Gasteiger charge is 2.23. The van der Waals surface area contributed by atoms with Crippen molar-refractivity contribution in [3.05, 3.63) is 105 Å². The Morgan fingerprint density at radius 2 is 1.74 bits per heavy atom. The predicted molar refractivity (Wildman–Crippen MR) is 123 cm³/mol. The summed E-state index contributed by atoms with van der Waals surface area (Å²) >= 11 is 11.7. The van der Waals surface area contributed by atoms with Crippen molar-refractivity contribution >= 4 is 41.6 Å². The molecular formula is C23H20Cl2FN3O2. The Labute approximate surface area is 189 Å². The molecule has 2 aromatic rings. The lowest BCUT2D eigenvalue weighted by atomic mass is 10.0. The fraction of sp³-hybridized carbons (Fsp3) is 0.0870. The summed E-state index contributed by atoms with van der Waals surface area (Å²) < 4.78 is 14.7. The zero-order valence-corrected chi connectivity index (χ0v) is 18.1. The molecule has 2 aromatic carbocycles. The molecule has 8 heteroatoms. The van der Waals surface area contributed by atoms with Crippen LogP contribution in [-0.4, -0.2) is 18.4 Å². The van der Waals surface area contributed by atoms with E-state index in [1.54, 1.807) is 54.6 Å². The lowest BCUT2D eigenvalue weighted by molar-refractivity contribution is -0.118. The van der Waals surface area contributed by atoms with Crippen LogP contribution >= 0.6 is 23.2 Å². The molecule has 1 amide bonds. The van der Waals surface area contributed by atoms with E-state index in [0.717, 1.165) is 12.2 Å². The second kappa shape index (κ2) is 11.2. The summed E-state index contributed by atoms with van der Waals surface area (Å²) in [6.07, 6.45) is 2.06. The monoisotopic (exact) mass is 459 g/mol. The molecular weight excluding hydrogens is 440 g/mol. The number of rotatable bonds is 8. The van der Waals surface area contributed by atoms with Crippen LogP contribution in [0.4, 0.5) is 4.39 Å². The van der Waals surface area contributed by atoms with Crippen LogP contribution in [0.1, 0.15) is 28.9 Å². The number of allylic oxidation sites excluding steroid dienone is 4.